The number of anilines is 1. The van der Waals surface area contributed by atoms with Crippen LogP contribution in [-0.4, -0.2) is 51.7 Å². The number of aliphatic hydroxyl groups is 1. The summed E-state index contributed by atoms with van der Waals surface area (Å²) in [6.45, 7) is 3.20. The van der Waals surface area contributed by atoms with Crippen LogP contribution in [0.15, 0.2) is 66.9 Å². The number of carbonyl (C=O) groups excluding carboxylic acids is 2. The van der Waals surface area contributed by atoms with Crippen molar-refractivity contribution >= 4 is 28.4 Å². The van der Waals surface area contributed by atoms with Crippen molar-refractivity contribution in [2.75, 3.05) is 24.5 Å². The molecule has 3 aliphatic rings. The van der Waals surface area contributed by atoms with Crippen molar-refractivity contribution in [1.29, 1.82) is 0 Å². The van der Waals surface area contributed by atoms with E-state index in [0.29, 0.717) is 25.9 Å². The Morgan fingerprint density at radius 1 is 1.15 bits per heavy atom. The largest absolute Gasteiger partial charge is 0.374 e. The van der Waals surface area contributed by atoms with E-state index in [4.69, 9.17) is 0 Å². The lowest BCUT2D eigenvalue weighted by atomic mass is 9.72. The average Bonchev–Trinajstić information content (AvgIpc) is 3.66. The number of H-pyrrole nitrogens is 1. The summed E-state index contributed by atoms with van der Waals surface area (Å²) >= 11 is 0. The first kappa shape index (κ1) is 25.0. The number of hydrogen-bond acceptors (Lipinski definition) is 5. The molecular weight excluding hydrogens is 502 g/mol. The van der Waals surface area contributed by atoms with Gasteiger partial charge in [0.05, 0.1) is 23.2 Å². The van der Waals surface area contributed by atoms with E-state index in [1.165, 1.54) is 11.1 Å². The van der Waals surface area contributed by atoms with Gasteiger partial charge in [-0.15, -0.1) is 0 Å². The van der Waals surface area contributed by atoms with E-state index in [-0.39, 0.29) is 24.4 Å². The number of carbonyl (C=O) groups is 2. The van der Waals surface area contributed by atoms with E-state index in [2.05, 4.69) is 27.6 Å². The van der Waals surface area contributed by atoms with Crippen molar-refractivity contribution < 1.29 is 14.7 Å². The Labute approximate surface area is 233 Å². The van der Waals surface area contributed by atoms with Gasteiger partial charge in [-0.1, -0.05) is 42.5 Å². The van der Waals surface area contributed by atoms with E-state index in [0.717, 1.165) is 46.1 Å². The standard InChI is InChI=1S/C32H33N5O3/c1-20-5-4-8-27-29(20)32(13-15-36(16-14-32)30(39)22-10-11-25-23(17-22)18-33-35-25)31(40)37(27)19-28(38)34-26-12-9-21-6-2-3-7-24(21)26/h2-8,10-11,17-18,26,30,39H,9,12-16,19H2,1H3,(H,33,35)(H,34,38). The second-order valence-electron chi connectivity index (χ2n) is 11.4. The number of nitrogens with one attached hydrogen (secondary N) is 2. The molecule has 4 aromatic rings. The van der Waals surface area contributed by atoms with E-state index in [1.54, 1.807) is 11.1 Å². The first-order chi connectivity index (χ1) is 19.4. The van der Waals surface area contributed by atoms with Gasteiger partial charge in [-0.3, -0.25) is 19.6 Å². The zero-order chi connectivity index (χ0) is 27.4. The number of aryl methyl sites for hydroxylation is 2. The van der Waals surface area contributed by atoms with Gasteiger partial charge < -0.3 is 15.3 Å². The van der Waals surface area contributed by atoms with Crippen molar-refractivity contribution in [2.45, 2.75) is 50.3 Å². The first-order valence-electron chi connectivity index (χ1n) is 14.1. The van der Waals surface area contributed by atoms with Gasteiger partial charge in [0.1, 0.15) is 12.8 Å². The summed E-state index contributed by atoms with van der Waals surface area (Å²) in [5.74, 6) is -0.144. The number of likely N-dealkylation sites (tertiary alicyclic amines) is 1. The lowest BCUT2D eigenvalue weighted by Gasteiger charge is -2.41. The molecule has 40 heavy (non-hydrogen) atoms. The van der Waals surface area contributed by atoms with Crippen LogP contribution in [-0.2, 0) is 21.4 Å². The second kappa shape index (κ2) is 9.57. The number of nitrogens with zero attached hydrogens (tertiary/aromatic N) is 3. The van der Waals surface area contributed by atoms with Gasteiger partial charge in [0, 0.05) is 24.2 Å². The molecule has 1 fully saturated rings. The summed E-state index contributed by atoms with van der Waals surface area (Å²) in [6.07, 6.45) is 3.99. The molecule has 3 heterocycles. The Bertz CT molecular complexity index is 1620. The first-order valence-corrected chi connectivity index (χ1v) is 14.1. The van der Waals surface area contributed by atoms with Crippen LogP contribution >= 0.6 is 0 Å². The summed E-state index contributed by atoms with van der Waals surface area (Å²) in [7, 11) is 0. The number of aromatic nitrogens is 2. The molecule has 2 unspecified atom stereocenters. The number of aromatic amines is 1. The van der Waals surface area contributed by atoms with Crippen molar-refractivity contribution in [3.8, 4) is 0 Å². The molecule has 1 aliphatic carbocycles. The molecule has 0 saturated carbocycles. The summed E-state index contributed by atoms with van der Waals surface area (Å²) < 4.78 is 0. The minimum Gasteiger partial charge on any atom is -0.374 e. The monoisotopic (exact) mass is 535 g/mol. The number of amides is 2. The van der Waals surface area contributed by atoms with Gasteiger partial charge in [0.15, 0.2) is 0 Å². The van der Waals surface area contributed by atoms with Gasteiger partial charge in [-0.25, -0.2) is 0 Å². The molecule has 7 rings (SSSR count). The highest BCUT2D eigenvalue weighted by atomic mass is 16.3. The summed E-state index contributed by atoms with van der Waals surface area (Å²) in [5.41, 5.74) is 6.45. The predicted octanol–water partition coefficient (Wildman–Crippen LogP) is 4.05. The Morgan fingerprint density at radius 2 is 1.98 bits per heavy atom. The highest BCUT2D eigenvalue weighted by molar-refractivity contribution is 6.11. The Morgan fingerprint density at radius 3 is 2.83 bits per heavy atom. The zero-order valence-corrected chi connectivity index (χ0v) is 22.6. The molecule has 8 nitrogen and oxygen atoms in total. The summed E-state index contributed by atoms with van der Waals surface area (Å²) in [5, 5.41) is 22.4. The van der Waals surface area contributed by atoms with E-state index in [1.807, 2.05) is 60.4 Å². The normalized spacial score (nSPS) is 20.6. The van der Waals surface area contributed by atoms with Crippen molar-refractivity contribution in [3.05, 3.63) is 94.7 Å². The fraction of sp³-hybridized carbons (Fsp3) is 0.344. The average molecular weight is 536 g/mol. The number of piperidine rings is 1. The Hall–Kier alpha value is -4.01. The minimum atomic E-state index is -0.763. The molecule has 1 spiro atoms. The zero-order valence-electron chi connectivity index (χ0n) is 22.6. The van der Waals surface area contributed by atoms with E-state index in [9.17, 15) is 14.7 Å². The summed E-state index contributed by atoms with van der Waals surface area (Å²) in [6, 6.07) is 20.0. The molecular formula is C32H33N5O3. The third-order valence-electron chi connectivity index (χ3n) is 9.20. The molecule has 1 saturated heterocycles. The molecule has 8 heteroatoms. The molecule has 3 N–H and O–H groups in total. The highest BCUT2D eigenvalue weighted by Gasteiger charge is 2.53. The Balaban J connectivity index is 1.10. The SMILES string of the molecule is Cc1cccc2c1C1(CCN(C(O)c3ccc4[nH]ncc4c3)CC1)C(=O)N2CC(=O)NC1CCc2ccccc21. The van der Waals surface area contributed by atoms with Crippen LogP contribution in [0.1, 0.15) is 59.3 Å². The van der Waals surface area contributed by atoms with E-state index >= 15 is 0 Å². The predicted molar refractivity (Wildman–Crippen MR) is 153 cm³/mol. The molecule has 2 amide bonds. The van der Waals surface area contributed by atoms with Crippen LogP contribution in [0.25, 0.3) is 10.9 Å². The van der Waals surface area contributed by atoms with Crippen molar-refractivity contribution in [3.63, 3.8) is 0 Å². The molecule has 0 radical (unpaired) electrons. The minimum absolute atomic E-state index is 0.00670. The van der Waals surface area contributed by atoms with Crippen LogP contribution in [0.5, 0.6) is 0 Å². The smallest absolute Gasteiger partial charge is 0.240 e. The number of aliphatic hydroxyl groups excluding tert-OH is 1. The highest BCUT2D eigenvalue weighted by Crippen LogP contribution is 2.50. The van der Waals surface area contributed by atoms with Gasteiger partial charge in [-0.05, 0) is 78.6 Å². The number of rotatable bonds is 5. The van der Waals surface area contributed by atoms with Crippen molar-refractivity contribution in [1.82, 2.24) is 20.4 Å². The Kier molecular flexibility index (Phi) is 5.98. The molecule has 0 bridgehead atoms. The molecule has 2 atom stereocenters. The van der Waals surface area contributed by atoms with Gasteiger partial charge in [-0.2, -0.15) is 5.10 Å². The van der Waals surface area contributed by atoms with Crippen LogP contribution in [0.2, 0.25) is 0 Å². The summed E-state index contributed by atoms with van der Waals surface area (Å²) in [4.78, 5) is 31.2. The lowest BCUT2D eigenvalue weighted by Crippen LogP contribution is -2.51. The molecule has 204 valence electrons. The topological polar surface area (TPSA) is 102 Å². The maximum absolute atomic E-state index is 14.2. The third-order valence-corrected chi connectivity index (χ3v) is 9.20. The third kappa shape index (κ3) is 3.93. The molecule has 2 aliphatic heterocycles. The number of hydrogen-bond donors (Lipinski definition) is 3. The maximum Gasteiger partial charge on any atom is 0.240 e. The fourth-order valence-electron chi connectivity index (χ4n) is 7.17. The molecule has 1 aromatic heterocycles. The van der Waals surface area contributed by atoms with Crippen LogP contribution in [0.4, 0.5) is 5.69 Å². The maximum atomic E-state index is 14.2. The van der Waals surface area contributed by atoms with Gasteiger partial charge in [0.2, 0.25) is 11.8 Å². The molecule has 3 aromatic carbocycles. The van der Waals surface area contributed by atoms with Crippen LogP contribution in [0.3, 0.4) is 0 Å². The lowest BCUT2D eigenvalue weighted by molar-refractivity contribution is -0.128. The number of benzene rings is 3. The van der Waals surface area contributed by atoms with Gasteiger partial charge >= 0.3 is 0 Å². The second-order valence-corrected chi connectivity index (χ2v) is 11.4. The van der Waals surface area contributed by atoms with E-state index < -0.39 is 11.6 Å². The quantitative estimate of drug-likeness (QED) is 0.358. The van der Waals surface area contributed by atoms with Crippen LogP contribution in [0, 0.1) is 6.92 Å². The fourth-order valence-corrected chi connectivity index (χ4v) is 7.17. The van der Waals surface area contributed by atoms with Crippen molar-refractivity contribution in [2.24, 2.45) is 0 Å². The van der Waals surface area contributed by atoms with Gasteiger partial charge in [0.25, 0.3) is 0 Å². The van der Waals surface area contributed by atoms with Crippen LogP contribution < -0.4 is 10.2 Å². The number of fused-ring (bicyclic) bond motifs is 4.